The van der Waals surface area contributed by atoms with Crippen molar-refractivity contribution < 1.29 is 0 Å². The van der Waals surface area contributed by atoms with E-state index in [1.807, 2.05) is 0 Å². The van der Waals surface area contributed by atoms with E-state index in [4.69, 9.17) is 0 Å². The Morgan fingerprint density at radius 3 is 2.06 bits per heavy atom. The molecule has 1 nitrogen and oxygen atoms in total. The van der Waals surface area contributed by atoms with Crippen molar-refractivity contribution >= 4 is 0 Å². The number of hydrogen-bond acceptors (Lipinski definition) is 1. The molecule has 1 aliphatic carbocycles. The van der Waals surface area contributed by atoms with Gasteiger partial charge in [-0.05, 0) is 42.6 Å². The Bertz CT molecular complexity index is 207. The minimum absolute atomic E-state index is 0.499. The first-order chi connectivity index (χ1) is 7.48. The van der Waals surface area contributed by atoms with Crippen LogP contribution in [0.3, 0.4) is 0 Å². The molecule has 0 heterocycles. The monoisotopic (exact) mass is 225 g/mol. The van der Waals surface area contributed by atoms with Crippen LogP contribution in [-0.4, -0.2) is 12.6 Å². The van der Waals surface area contributed by atoms with Gasteiger partial charge in [-0.3, -0.25) is 0 Å². The van der Waals surface area contributed by atoms with Crippen molar-refractivity contribution in [3.63, 3.8) is 0 Å². The number of nitrogens with one attached hydrogen (secondary N) is 1. The Morgan fingerprint density at radius 2 is 1.75 bits per heavy atom. The highest BCUT2D eigenvalue weighted by molar-refractivity contribution is 5.02. The molecule has 0 aromatic rings. The van der Waals surface area contributed by atoms with Crippen LogP contribution in [0, 0.1) is 23.2 Å². The smallest absolute Gasteiger partial charge is 0.0149 e. The standard InChI is InChI=1S/C15H31N/c1-7-12(5)15(6,13-9-10-13)14(11(3)4)16-8-2/h11-14,16H,7-10H2,1-6H3. The highest BCUT2D eigenvalue weighted by Gasteiger charge is 2.49. The lowest BCUT2D eigenvalue weighted by Crippen LogP contribution is -2.51. The molecule has 0 aromatic carbocycles. The van der Waals surface area contributed by atoms with Crippen molar-refractivity contribution in [2.75, 3.05) is 6.54 Å². The van der Waals surface area contributed by atoms with Gasteiger partial charge in [-0.1, -0.05) is 48.0 Å². The van der Waals surface area contributed by atoms with E-state index in [0.717, 1.165) is 24.3 Å². The Hall–Kier alpha value is -0.0400. The van der Waals surface area contributed by atoms with Crippen LogP contribution in [-0.2, 0) is 0 Å². The fourth-order valence-electron chi connectivity index (χ4n) is 3.50. The maximum Gasteiger partial charge on any atom is 0.0149 e. The summed E-state index contributed by atoms with van der Waals surface area (Å²) >= 11 is 0. The minimum atomic E-state index is 0.499. The van der Waals surface area contributed by atoms with Crippen molar-refractivity contribution in [3.05, 3.63) is 0 Å². The maximum atomic E-state index is 3.76. The van der Waals surface area contributed by atoms with Crippen LogP contribution in [0.2, 0.25) is 0 Å². The summed E-state index contributed by atoms with van der Waals surface area (Å²) in [7, 11) is 0. The van der Waals surface area contributed by atoms with Crippen molar-refractivity contribution in [3.8, 4) is 0 Å². The maximum absolute atomic E-state index is 3.76. The molecule has 1 fully saturated rings. The third-order valence-electron chi connectivity index (χ3n) is 4.89. The molecule has 0 radical (unpaired) electrons. The zero-order valence-electron chi connectivity index (χ0n) is 12.1. The highest BCUT2D eigenvalue weighted by Crippen LogP contribution is 2.54. The SMILES string of the molecule is CCNC(C(C)C)C(C)(C(C)CC)C1CC1. The lowest BCUT2D eigenvalue weighted by Gasteiger charge is -2.45. The summed E-state index contributed by atoms with van der Waals surface area (Å²) in [6, 6.07) is 0.681. The highest BCUT2D eigenvalue weighted by atomic mass is 14.9. The largest absolute Gasteiger partial charge is 0.313 e. The molecule has 0 saturated heterocycles. The Kier molecular flexibility index (Phi) is 4.85. The van der Waals surface area contributed by atoms with Crippen molar-refractivity contribution in [1.82, 2.24) is 5.32 Å². The molecule has 1 saturated carbocycles. The zero-order valence-corrected chi connectivity index (χ0v) is 12.1. The molecule has 1 rings (SSSR count). The van der Waals surface area contributed by atoms with Crippen LogP contribution in [0.25, 0.3) is 0 Å². The second-order valence-electron chi connectivity index (χ2n) is 6.23. The van der Waals surface area contributed by atoms with E-state index in [0.29, 0.717) is 11.5 Å². The van der Waals surface area contributed by atoms with Gasteiger partial charge in [-0.25, -0.2) is 0 Å². The summed E-state index contributed by atoms with van der Waals surface area (Å²) < 4.78 is 0. The fraction of sp³-hybridized carbons (Fsp3) is 1.00. The Morgan fingerprint density at radius 1 is 1.19 bits per heavy atom. The summed E-state index contributed by atoms with van der Waals surface area (Å²) in [5, 5.41) is 3.76. The third kappa shape index (κ3) is 2.61. The third-order valence-corrected chi connectivity index (χ3v) is 4.89. The molecule has 16 heavy (non-hydrogen) atoms. The van der Waals surface area contributed by atoms with Crippen LogP contribution >= 0.6 is 0 Å². The Labute approximate surface area is 102 Å². The summed E-state index contributed by atoms with van der Waals surface area (Å²) in [5.41, 5.74) is 0.499. The van der Waals surface area contributed by atoms with Gasteiger partial charge in [0.15, 0.2) is 0 Å². The first kappa shape index (κ1) is 14.0. The minimum Gasteiger partial charge on any atom is -0.313 e. The second-order valence-corrected chi connectivity index (χ2v) is 6.23. The normalized spacial score (nSPS) is 24.2. The summed E-state index contributed by atoms with van der Waals surface area (Å²) in [5.74, 6) is 2.53. The molecular formula is C15H31N. The van der Waals surface area contributed by atoms with E-state index in [-0.39, 0.29) is 0 Å². The molecule has 0 spiro atoms. The van der Waals surface area contributed by atoms with Gasteiger partial charge in [0, 0.05) is 6.04 Å². The van der Waals surface area contributed by atoms with Gasteiger partial charge in [0.05, 0.1) is 0 Å². The molecule has 3 unspecified atom stereocenters. The molecule has 3 atom stereocenters. The molecule has 0 bridgehead atoms. The second kappa shape index (κ2) is 5.53. The lowest BCUT2D eigenvalue weighted by molar-refractivity contribution is 0.0700. The van der Waals surface area contributed by atoms with E-state index < -0.39 is 0 Å². The van der Waals surface area contributed by atoms with Crippen molar-refractivity contribution in [2.24, 2.45) is 23.2 Å². The predicted octanol–water partition coefficient (Wildman–Crippen LogP) is 4.08. The first-order valence-electron chi connectivity index (χ1n) is 7.21. The van der Waals surface area contributed by atoms with Crippen LogP contribution < -0.4 is 5.32 Å². The van der Waals surface area contributed by atoms with Crippen LogP contribution in [0.5, 0.6) is 0 Å². The van der Waals surface area contributed by atoms with Gasteiger partial charge in [-0.15, -0.1) is 0 Å². The molecule has 1 heteroatoms. The molecule has 0 aromatic heterocycles. The van der Waals surface area contributed by atoms with Crippen LogP contribution in [0.1, 0.15) is 60.8 Å². The number of rotatable bonds is 7. The molecule has 0 amide bonds. The van der Waals surface area contributed by atoms with Gasteiger partial charge in [-0.2, -0.15) is 0 Å². The van der Waals surface area contributed by atoms with E-state index in [9.17, 15) is 0 Å². The fourth-order valence-corrected chi connectivity index (χ4v) is 3.50. The number of hydrogen-bond donors (Lipinski definition) is 1. The van der Waals surface area contributed by atoms with Crippen molar-refractivity contribution in [1.29, 1.82) is 0 Å². The van der Waals surface area contributed by atoms with E-state index in [2.05, 4.69) is 46.9 Å². The van der Waals surface area contributed by atoms with E-state index in [1.54, 1.807) is 0 Å². The summed E-state index contributed by atoms with van der Waals surface area (Å²) in [4.78, 5) is 0. The quantitative estimate of drug-likeness (QED) is 0.688. The first-order valence-corrected chi connectivity index (χ1v) is 7.21. The van der Waals surface area contributed by atoms with Crippen molar-refractivity contribution in [2.45, 2.75) is 66.8 Å². The summed E-state index contributed by atoms with van der Waals surface area (Å²) in [6.45, 7) is 15.4. The Balaban J connectivity index is 2.87. The van der Waals surface area contributed by atoms with E-state index >= 15 is 0 Å². The van der Waals surface area contributed by atoms with Gasteiger partial charge in [0.25, 0.3) is 0 Å². The predicted molar refractivity (Wildman–Crippen MR) is 72.6 cm³/mol. The molecule has 1 N–H and O–H groups in total. The molecule has 1 aliphatic rings. The van der Waals surface area contributed by atoms with Gasteiger partial charge >= 0.3 is 0 Å². The molecular weight excluding hydrogens is 194 g/mol. The average molecular weight is 225 g/mol. The van der Waals surface area contributed by atoms with E-state index in [1.165, 1.54) is 19.3 Å². The van der Waals surface area contributed by atoms with Gasteiger partial charge < -0.3 is 5.32 Å². The summed E-state index contributed by atoms with van der Waals surface area (Å²) in [6.07, 6.45) is 4.21. The lowest BCUT2D eigenvalue weighted by atomic mass is 9.64. The molecule has 96 valence electrons. The van der Waals surface area contributed by atoms with Gasteiger partial charge in [0.1, 0.15) is 0 Å². The molecule has 0 aliphatic heterocycles. The average Bonchev–Trinajstić information content (AvgIpc) is 3.07. The topological polar surface area (TPSA) is 12.0 Å². The van der Waals surface area contributed by atoms with Crippen LogP contribution in [0.15, 0.2) is 0 Å². The zero-order chi connectivity index (χ0) is 12.3. The van der Waals surface area contributed by atoms with Crippen LogP contribution in [0.4, 0.5) is 0 Å². The van der Waals surface area contributed by atoms with Gasteiger partial charge in [0.2, 0.25) is 0 Å².